The predicted molar refractivity (Wildman–Crippen MR) is 101 cm³/mol. The van der Waals surface area contributed by atoms with Gasteiger partial charge in [-0.05, 0) is 26.0 Å². The van der Waals surface area contributed by atoms with E-state index < -0.39 is 20.0 Å². The topological polar surface area (TPSA) is 106 Å². The Bertz CT molecular complexity index is 957. The van der Waals surface area contributed by atoms with Gasteiger partial charge in [-0.15, -0.1) is 12.4 Å². The average Bonchev–Trinajstić information content (AvgIpc) is 2.61. The first-order valence-electron chi connectivity index (χ1n) is 8.10. The minimum atomic E-state index is -3.94. The lowest BCUT2D eigenvalue weighted by molar-refractivity contribution is -0.875. The van der Waals surface area contributed by atoms with Crippen LogP contribution in [0, 0.1) is 5.21 Å². The zero-order valence-corrected chi connectivity index (χ0v) is 16.1. The van der Waals surface area contributed by atoms with E-state index in [0.29, 0.717) is 18.8 Å². The van der Waals surface area contributed by atoms with Crippen molar-refractivity contribution in [2.45, 2.75) is 23.6 Å². The highest BCUT2D eigenvalue weighted by molar-refractivity contribution is 7.92. The highest BCUT2D eigenvalue weighted by Gasteiger charge is 2.37. The van der Waals surface area contributed by atoms with Crippen LogP contribution in [0.25, 0.3) is 0 Å². The van der Waals surface area contributed by atoms with Crippen molar-refractivity contribution in [3.05, 3.63) is 46.0 Å². The number of likely N-dealkylation sites (N-methyl/N-ethyl adjacent to an activating group) is 1. The van der Waals surface area contributed by atoms with Crippen LogP contribution in [0.4, 0.5) is 11.4 Å². The van der Waals surface area contributed by atoms with Crippen LogP contribution >= 0.6 is 12.4 Å². The summed E-state index contributed by atoms with van der Waals surface area (Å²) in [5, 5.41) is 18.5. The number of fused-ring (bicyclic) bond motifs is 2. The van der Waals surface area contributed by atoms with E-state index in [9.17, 15) is 18.4 Å². The number of benzene rings is 1. The zero-order valence-electron chi connectivity index (χ0n) is 14.5. The number of halogens is 1. The van der Waals surface area contributed by atoms with E-state index >= 15 is 0 Å². The molecule has 3 rings (SSSR count). The molecule has 8 nitrogen and oxygen atoms in total. The fourth-order valence-electron chi connectivity index (χ4n) is 3.04. The highest BCUT2D eigenvalue weighted by Crippen LogP contribution is 2.41. The molecule has 10 heteroatoms. The number of aromatic amines is 1. The average molecular weight is 401 g/mol. The second-order valence-corrected chi connectivity index (χ2v) is 7.81. The van der Waals surface area contributed by atoms with Gasteiger partial charge in [0.05, 0.1) is 48.6 Å². The van der Waals surface area contributed by atoms with Crippen LogP contribution in [0.15, 0.2) is 45.0 Å². The molecule has 26 heavy (non-hydrogen) atoms. The van der Waals surface area contributed by atoms with E-state index in [1.165, 1.54) is 12.3 Å². The quantitative estimate of drug-likeness (QED) is 0.606. The fourth-order valence-corrected chi connectivity index (χ4v) is 4.70. The molecule has 0 unspecified atom stereocenters. The number of aromatic nitrogens is 2. The molecule has 0 atom stereocenters. The molecule has 142 valence electrons. The molecule has 0 amide bonds. The van der Waals surface area contributed by atoms with Crippen LogP contribution in [-0.2, 0) is 9.84 Å². The molecule has 2 aromatic rings. The Morgan fingerprint density at radius 1 is 1.19 bits per heavy atom. The summed E-state index contributed by atoms with van der Waals surface area (Å²) in [4.78, 5) is 13.6. The number of quaternary nitrogens is 1. The Balaban J connectivity index is 0.00000243. The van der Waals surface area contributed by atoms with Crippen molar-refractivity contribution in [2.75, 3.05) is 31.1 Å². The Labute approximate surface area is 157 Å². The van der Waals surface area contributed by atoms with Crippen LogP contribution in [0.5, 0.6) is 0 Å². The van der Waals surface area contributed by atoms with Crippen molar-refractivity contribution in [1.29, 1.82) is 0 Å². The van der Waals surface area contributed by atoms with Crippen LogP contribution in [0.1, 0.15) is 13.8 Å². The third-order valence-corrected chi connectivity index (χ3v) is 6.54. The SMILES string of the molecule is CC[N+]([O-])(CC)CCN1c2ccccc2S(=O)(=O)c2c1cn[nH]c2=O.Cl. The number of rotatable bonds is 5. The molecule has 2 heterocycles. The number of nitrogens with one attached hydrogen (secondary N) is 1. The maximum Gasteiger partial charge on any atom is 0.285 e. The largest absolute Gasteiger partial charge is 0.633 e. The number of hydrogen-bond acceptors (Lipinski definition) is 6. The van der Waals surface area contributed by atoms with Crippen molar-refractivity contribution in [3.8, 4) is 0 Å². The lowest BCUT2D eigenvalue weighted by atomic mass is 10.2. The number of sulfone groups is 1. The minimum absolute atomic E-state index is 0. The van der Waals surface area contributed by atoms with Crippen LogP contribution in [0.2, 0.25) is 0 Å². The molecule has 1 aromatic heterocycles. The smallest absolute Gasteiger partial charge is 0.285 e. The summed E-state index contributed by atoms with van der Waals surface area (Å²) in [6.07, 6.45) is 1.32. The van der Waals surface area contributed by atoms with Gasteiger partial charge in [0.2, 0.25) is 9.84 Å². The normalized spacial score (nSPS) is 15.0. The molecular weight excluding hydrogens is 380 g/mol. The highest BCUT2D eigenvalue weighted by atomic mass is 35.5. The summed E-state index contributed by atoms with van der Waals surface area (Å²) >= 11 is 0. The summed E-state index contributed by atoms with van der Waals surface area (Å²) in [7, 11) is -3.94. The van der Waals surface area contributed by atoms with Gasteiger partial charge in [0.1, 0.15) is 0 Å². The van der Waals surface area contributed by atoms with E-state index in [1.807, 2.05) is 13.8 Å². The third kappa shape index (κ3) is 3.23. The molecule has 1 aliphatic rings. The summed E-state index contributed by atoms with van der Waals surface area (Å²) < 4.78 is 25.3. The van der Waals surface area contributed by atoms with Crippen LogP contribution in [0.3, 0.4) is 0 Å². The molecular formula is C16H21ClN4O4S. The number of H-pyrrole nitrogens is 1. The third-order valence-electron chi connectivity index (χ3n) is 4.68. The summed E-state index contributed by atoms with van der Waals surface area (Å²) in [5.74, 6) is 0. The first-order chi connectivity index (χ1) is 11.8. The van der Waals surface area contributed by atoms with Crippen molar-refractivity contribution in [3.63, 3.8) is 0 Å². The standard InChI is InChI=1S/C16H20N4O4S.ClH/c1-3-20(22,4-2)10-9-19-12-7-5-6-8-14(12)25(23,24)15-13(19)11-17-18-16(15)21;/h5-8,11H,3-4,9-10H2,1-2H3,(H,18,21);1H. The second-order valence-electron chi connectivity index (χ2n) is 5.95. The van der Waals surface area contributed by atoms with Crippen molar-refractivity contribution in [2.24, 2.45) is 0 Å². The van der Waals surface area contributed by atoms with E-state index in [1.54, 1.807) is 23.1 Å². The van der Waals surface area contributed by atoms with Gasteiger partial charge in [-0.2, -0.15) is 5.10 Å². The lowest BCUT2D eigenvalue weighted by Crippen LogP contribution is -2.47. The lowest BCUT2D eigenvalue weighted by Gasteiger charge is -2.43. The Morgan fingerprint density at radius 2 is 1.85 bits per heavy atom. The van der Waals surface area contributed by atoms with Crippen molar-refractivity contribution < 1.29 is 13.1 Å². The molecule has 1 N–H and O–H groups in total. The molecule has 0 fully saturated rings. The van der Waals surface area contributed by atoms with Crippen molar-refractivity contribution in [1.82, 2.24) is 10.2 Å². The Kier molecular flexibility index (Phi) is 5.76. The van der Waals surface area contributed by atoms with Gasteiger partial charge in [0.15, 0.2) is 4.90 Å². The molecule has 0 radical (unpaired) electrons. The first-order valence-corrected chi connectivity index (χ1v) is 9.59. The number of anilines is 2. The number of hydrogen-bond donors (Lipinski definition) is 1. The molecule has 0 bridgehead atoms. The Hall–Kier alpha value is -1.94. The van der Waals surface area contributed by atoms with Crippen LogP contribution < -0.4 is 10.5 Å². The summed E-state index contributed by atoms with van der Waals surface area (Å²) in [6, 6.07) is 6.49. The Morgan fingerprint density at radius 3 is 2.50 bits per heavy atom. The predicted octanol–water partition coefficient (Wildman–Crippen LogP) is 1.83. The maximum atomic E-state index is 12.8. The molecule has 0 saturated heterocycles. The summed E-state index contributed by atoms with van der Waals surface area (Å²) in [6.45, 7) is 5.05. The van der Waals surface area contributed by atoms with Gasteiger partial charge in [0, 0.05) is 0 Å². The van der Waals surface area contributed by atoms with Gasteiger partial charge in [-0.3, -0.25) is 4.79 Å². The minimum Gasteiger partial charge on any atom is -0.633 e. The molecule has 1 aromatic carbocycles. The monoisotopic (exact) mass is 400 g/mol. The van der Waals surface area contributed by atoms with Gasteiger partial charge in [-0.1, -0.05) is 12.1 Å². The zero-order chi connectivity index (χ0) is 18.2. The number of hydroxylamine groups is 3. The fraction of sp³-hybridized carbons (Fsp3) is 0.375. The van der Waals surface area contributed by atoms with Crippen LogP contribution in [-0.4, -0.2) is 49.4 Å². The van der Waals surface area contributed by atoms with Gasteiger partial charge in [0.25, 0.3) is 5.56 Å². The molecule has 0 saturated carbocycles. The summed E-state index contributed by atoms with van der Waals surface area (Å²) in [5.41, 5.74) is -0.0896. The number of nitrogens with zero attached hydrogens (tertiary/aromatic N) is 3. The maximum absolute atomic E-state index is 12.8. The van der Waals surface area contributed by atoms with Gasteiger partial charge in [-0.25, -0.2) is 13.5 Å². The molecule has 0 aliphatic carbocycles. The molecule has 1 aliphatic heterocycles. The van der Waals surface area contributed by atoms with E-state index in [4.69, 9.17) is 0 Å². The van der Waals surface area contributed by atoms with E-state index in [2.05, 4.69) is 10.2 Å². The second kappa shape index (κ2) is 7.36. The van der Waals surface area contributed by atoms with E-state index in [0.717, 1.165) is 0 Å². The van der Waals surface area contributed by atoms with Gasteiger partial charge < -0.3 is 14.8 Å². The number of para-hydroxylation sites is 1. The first kappa shape index (κ1) is 20.4. The van der Waals surface area contributed by atoms with Crippen molar-refractivity contribution >= 4 is 33.6 Å². The van der Waals surface area contributed by atoms with Gasteiger partial charge >= 0.3 is 0 Å². The molecule has 0 spiro atoms. The van der Waals surface area contributed by atoms with E-state index in [-0.39, 0.29) is 41.0 Å².